The number of rotatable bonds is 3. The zero-order valence-corrected chi connectivity index (χ0v) is 13.4. The molecule has 2 fully saturated rings. The molecule has 2 heterocycles. The fourth-order valence-electron chi connectivity index (χ4n) is 3.73. The lowest BCUT2D eigenvalue weighted by atomic mass is 9.84. The molecular formula is C18H26N2O2. The second-order valence-electron chi connectivity index (χ2n) is 6.76. The third kappa shape index (κ3) is 3.18. The molecule has 0 spiro atoms. The Morgan fingerprint density at radius 3 is 2.50 bits per heavy atom. The number of hydrogen-bond acceptors (Lipinski definition) is 3. The van der Waals surface area contributed by atoms with E-state index in [1.165, 1.54) is 6.42 Å². The summed E-state index contributed by atoms with van der Waals surface area (Å²) in [5.41, 5.74) is 0.194. The van der Waals surface area contributed by atoms with E-state index in [0.29, 0.717) is 38.4 Å². The maximum absolute atomic E-state index is 12.5. The molecule has 1 atom stereocenters. The molecule has 1 aromatic rings. The van der Waals surface area contributed by atoms with Crippen LogP contribution in [0.15, 0.2) is 30.3 Å². The van der Waals surface area contributed by atoms with Gasteiger partial charge in [0, 0.05) is 25.6 Å². The Morgan fingerprint density at radius 1 is 1.23 bits per heavy atom. The third-order valence-corrected chi connectivity index (χ3v) is 5.34. The Kier molecular flexibility index (Phi) is 4.50. The second-order valence-corrected chi connectivity index (χ2v) is 6.76. The number of likely N-dealkylation sites (tertiary alicyclic amines) is 2. The molecule has 1 unspecified atom stereocenters. The molecule has 22 heavy (non-hydrogen) atoms. The summed E-state index contributed by atoms with van der Waals surface area (Å²) in [6.45, 7) is 2.41. The van der Waals surface area contributed by atoms with E-state index in [-0.39, 0.29) is 5.91 Å². The molecule has 0 aromatic heterocycles. The van der Waals surface area contributed by atoms with E-state index in [9.17, 15) is 9.90 Å². The maximum Gasteiger partial charge on any atom is 0.224 e. The highest BCUT2D eigenvalue weighted by Crippen LogP contribution is 2.33. The molecule has 3 rings (SSSR count). The van der Waals surface area contributed by atoms with Crippen molar-refractivity contribution in [3.63, 3.8) is 0 Å². The van der Waals surface area contributed by atoms with Crippen molar-refractivity contribution in [3.8, 4) is 0 Å². The fourth-order valence-corrected chi connectivity index (χ4v) is 3.73. The molecule has 2 saturated heterocycles. The van der Waals surface area contributed by atoms with Crippen molar-refractivity contribution in [2.45, 2.75) is 43.7 Å². The largest absolute Gasteiger partial charge is 0.385 e. The van der Waals surface area contributed by atoms with Crippen LogP contribution < -0.4 is 0 Å². The van der Waals surface area contributed by atoms with E-state index in [1.54, 1.807) is 0 Å². The Bertz CT molecular complexity index is 509. The van der Waals surface area contributed by atoms with Crippen molar-refractivity contribution in [3.05, 3.63) is 35.9 Å². The average molecular weight is 302 g/mol. The van der Waals surface area contributed by atoms with Gasteiger partial charge in [-0.3, -0.25) is 4.79 Å². The van der Waals surface area contributed by atoms with Gasteiger partial charge < -0.3 is 14.9 Å². The Hall–Kier alpha value is -1.39. The highest BCUT2D eigenvalue weighted by atomic mass is 16.3. The standard InChI is InChI=1S/C18H26N2O2/c1-19-11-5-8-16(19)14-17(21)20-12-9-18(22,10-13-20)15-6-3-2-4-7-15/h2-4,6-7,16,22H,5,8-14H2,1H3. The lowest BCUT2D eigenvalue weighted by Gasteiger charge is -2.39. The highest BCUT2D eigenvalue weighted by Gasteiger charge is 2.36. The van der Waals surface area contributed by atoms with Gasteiger partial charge in [0.25, 0.3) is 0 Å². The third-order valence-electron chi connectivity index (χ3n) is 5.34. The van der Waals surface area contributed by atoms with Crippen LogP contribution in [-0.4, -0.2) is 53.5 Å². The summed E-state index contributed by atoms with van der Waals surface area (Å²) in [7, 11) is 2.11. The van der Waals surface area contributed by atoms with Gasteiger partial charge in [0.05, 0.1) is 5.60 Å². The predicted octanol–water partition coefficient (Wildman–Crippen LogP) is 1.98. The van der Waals surface area contributed by atoms with E-state index in [0.717, 1.165) is 18.5 Å². The van der Waals surface area contributed by atoms with Crippen LogP contribution in [0.3, 0.4) is 0 Å². The van der Waals surface area contributed by atoms with Crippen LogP contribution in [0.5, 0.6) is 0 Å². The minimum absolute atomic E-state index is 0.244. The van der Waals surface area contributed by atoms with E-state index in [4.69, 9.17) is 0 Å². The number of carbonyl (C=O) groups excluding carboxylic acids is 1. The van der Waals surface area contributed by atoms with Gasteiger partial charge in [0.2, 0.25) is 5.91 Å². The maximum atomic E-state index is 12.5. The van der Waals surface area contributed by atoms with Gasteiger partial charge in [0.15, 0.2) is 0 Å². The molecule has 2 aliphatic rings. The summed E-state index contributed by atoms with van der Waals surface area (Å²) in [4.78, 5) is 16.7. The van der Waals surface area contributed by atoms with Crippen molar-refractivity contribution in [1.82, 2.24) is 9.80 Å². The molecule has 1 aromatic carbocycles. The first-order valence-corrected chi connectivity index (χ1v) is 8.34. The minimum Gasteiger partial charge on any atom is -0.385 e. The fraction of sp³-hybridized carbons (Fsp3) is 0.611. The lowest BCUT2D eigenvalue weighted by molar-refractivity contribution is -0.136. The molecule has 1 amide bonds. The van der Waals surface area contributed by atoms with Crippen LogP contribution in [0.25, 0.3) is 0 Å². The normalized spacial score (nSPS) is 25.4. The van der Waals surface area contributed by atoms with Gasteiger partial charge in [-0.2, -0.15) is 0 Å². The summed E-state index contributed by atoms with van der Waals surface area (Å²) < 4.78 is 0. The van der Waals surface area contributed by atoms with Crippen LogP contribution in [0, 0.1) is 0 Å². The van der Waals surface area contributed by atoms with Gasteiger partial charge in [-0.05, 0) is 44.8 Å². The molecular weight excluding hydrogens is 276 g/mol. The Morgan fingerprint density at radius 2 is 1.91 bits per heavy atom. The summed E-state index contributed by atoms with van der Waals surface area (Å²) in [6, 6.07) is 10.2. The molecule has 2 aliphatic heterocycles. The molecule has 0 aliphatic carbocycles. The predicted molar refractivity (Wildman–Crippen MR) is 86.4 cm³/mol. The van der Waals surface area contributed by atoms with Crippen LogP contribution in [0.1, 0.15) is 37.7 Å². The number of carbonyl (C=O) groups is 1. The van der Waals surface area contributed by atoms with E-state index >= 15 is 0 Å². The van der Waals surface area contributed by atoms with Crippen molar-refractivity contribution < 1.29 is 9.90 Å². The van der Waals surface area contributed by atoms with E-state index < -0.39 is 5.60 Å². The van der Waals surface area contributed by atoms with Crippen molar-refractivity contribution in [1.29, 1.82) is 0 Å². The summed E-state index contributed by atoms with van der Waals surface area (Å²) in [5.74, 6) is 0.244. The quantitative estimate of drug-likeness (QED) is 0.928. The second kappa shape index (κ2) is 6.39. The van der Waals surface area contributed by atoms with Crippen LogP contribution >= 0.6 is 0 Å². The summed E-state index contributed by atoms with van der Waals surface area (Å²) >= 11 is 0. The van der Waals surface area contributed by atoms with E-state index in [2.05, 4.69) is 11.9 Å². The van der Waals surface area contributed by atoms with E-state index in [1.807, 2.05) is 35.2 Å². The molecule has 1 N–H and O–H groups in total. The lowest BCUT2D eigenvalue weighted by Crippen LogP contribution is -2.46. The van der Waals surface area contributed by atoms with Crippen LogP contribution in [0.2, 0.25) is 0 Å². The van der Waals surface area contributed by atoms with Crippen LogP contribution in [0.4, 0.5) is 0 Å². The number of nitrogens with zero attached hydrogens (tertiary/aromatic N) is 2. The first-order chi connectivity index (χ1) is 10.6. The van der Waals surface area contributed by atoms with Gasteiger partial charge in [-0.25, -0.2) is 0 Å². The number of amides is 1. The molecule has 0 saturated carbocycles. The van der Waals surface area contributed by atoms with Gasteiger partial charge >= 0.3 is 0 Å². The smallest absolute Gasteiger partial charge is 0.224 e. The zero-order chi connectivity index (χ0) is 15.6. The van der Waals surface area contributed by atoms with Crippen molar-refractivity contribution in [2.24, 2.45) is 0 Å². The SMILES string of the molecule is CN1CCCC1CC(=O)N1CCC(O)(c2ccccc2)CC1. The number of hydrogen-bond donors (Lipinski definition) is 1. The zero-order valence-electron chi connectivity index (χ0n) is 13.4. The van der Waals surface area contributed by atoms with Crippen LogP contribution in [-0.2, 0) is 10.4 Å². The Labute approximate surface area is 132 Å². The summed E-state index contributed by atoms with van der Waals surface area (Å²) in [6.07, 6.45) is 4.21. The number of aliphatic hydroxyl groups is 1. The molecule has 0 radical (unpaired) electrons. The minimum atomic E-state index is -0.776. The molecule has 0 bridgehead atoms. The molecule has 4 nitrogen and oxygen atoms in total. The first-order valence-electron chi connectivity index (χ1n) is 8.34. The average Bonchev–Trinajstić information content (AvgIpc) is 2.94. The monoisotopic (exact) mass is 302 g/mol. The molecule has 120 valence electrons. The van der Waals surface area contributed by atoms with Gasteiger partial charge in [-0.1, -0.05) is 30.3 Å². The number of benzene rings is 1. The number of piperidine rings is 1. The van der Waals surface area contributed by atoms with Gasteiger partial charge in [-0.15, -0.1) is 0 Å². The Balaban J connectivity index is 1.56. The summed E-state index contributed by atoms with van der Waals surface area (Å²) in [5, 5.41) is 10.8. The highest BCUT2D eigenvalue weighted by molar-refractivity contribution is 5.77. The first kappa shape index (κ1) is 15.5. The van der Waals surface area contributed by atoms with Crippen molar-refractivity contribution >= 4 is 5.91 Å². The van der Waals surface area contributed by atoms with Crippen molar-refractivity contribution in [2.75, 3.05) is 26.7 Å². The topological polar surface area (TPSA) is 43.8 Å². The molecule has 4 heteroatoms. The van der Waals surface area contributed by atoms with Gasteiger partial charge in [0.1, 0.15) is 0 Å².